The van der Waals surface area contributed by atoms with Gasteiger partial charge in [-0.25, -0.2) is 9.78 Å². The van der Waals surface area contributed by atoms with Crippen LogP contribution < -0.4 is 11.2 Å². The molecule has 0 spiro atoms. The highest BCUT2D eigenvalue weighted by molar-refractivity contribution is 5.79. The molecule has 0 unspecified atom stereocenters. The molecule has 7 heteroatoms. The van der Waals surface area contributed by atoms with Crippen molar-refractivity contribution >= 4 is 22.1 Å². The van der Waals surface area contributed by atoms with Gasteiger partial charge in [-0.15, -0.1) is 0 Å². The quantitative estimate of drug-likeness (QED) is 0.599. The van der Waals surface area contributed by atoms with E-state index in [9.17, 15) is 9.59 Å². The van der Waals surface area contributed by atoms with Crippen molar-refractivity contribution in [2.45, 2.75) is 6.54 Å². The van der Waals surface area contributed by atoms with Gasteiger partial charge in [0.2, 0.25) is 0 Å². The SMILES string of the molecule is Cn1cnc2c1c(=O)n(Cc1ccc3cc[nH]c3c1)c(=O)n2C. The number of aryl methyl sites for hydroxylation is 2. The summed E-state index contributed by atoms with van der Waals surface area (Å²) in [5, 5.41) is 1.09. The third-order valence-electron chi connectivity index (χ3n) is 4.16. The molecule has 0 radical (unpaired) electrons. The number of aromatic nitrogens is 5. The Morgan fingerprint density at radius 2 is 2.00 bits per heavy atom. The van der Waals surface area contributed by atoms with Crippen LogP contribution in [0.3, 0.4) is 0 Å². The predicted octanol–water partition coefficient (Wildman–Crippen LogP) is 0.963. The lowest BCUT2D eigenvalue weighted by Crippen LogP contribution is -2.39. The maximum atomic E-state index is 12.7. The largest absolute Gasteiger partial charge is 0.361 e. The van der Waals surface area contributed by atoms with Gasteiger partial charge >= 0.3 is 5.69 Å². The molecule has 0 atom stereocenters. The van der Waals surface area contributed by atoms with Crippen LogP contribution in [0.15, 0.2) is 46.4 Å². The van der Waals surface area contributed by atoms with Gasteiger partial charge in [-0.2, -0.15) is 0 Å². The number of benzene rings is 1. The predicted molar refractivity (Wildman–Crippen MR) is 87.6 cm³/mol. The molecular weight excluding hydrogens is 294 g/mol. The Morgan fingerprint density at radius 3 is 2.83 bits per heavy atom. The van der Waals surface area contributed by atoms with E-state index < -0.39 is 0 Å². The molecule has 0 saturated heterocycles. The van der Waals surface area contributed by atoms with Gasteiger partial charge in [0.1, 0.15) is 0 Å². The molecule has 0 aliphatic heterocycles. The average molecular weight is 309 g/mol. The summed E-state index contributed by atoms with van der Waals surface area (Å²) in [4.78, 5) is 32.4. The molecule has 0 aliphatic rings. The van der Waals surface area contributed by atoms with Crippen molar-refractivity contribution in [1.82, 2.24) is 23.7 Å². The summed E-state index contributed by atoms with van der Waals surface area (Å²) in [6.45, 7) is 0.224. The maximum absolute atomic E-state index is 12.7. The van der Waals surface area contributed by atoms with Gasteiger partial charge in [0, 0.05) is 25.8 Å². The van der Waals surface area contributed by atoms with E-state index in [2.05, 4.69) is 9.97 Å². The normalized spacial score (nSPS) is 11.6. The Bertz CT molecular complexity index is 1160. The first-order valence-corrected chi connectivity index (χ1v) is 7.23. The minimum Gasteiger partial charge on any atom is -0.361 e. The molecule has 1 aromatic carbocycles. The molecule has 0 bridgehead atoms. The topological polar surface area (TPSA) is 77.6 Å². The van der Waals surface area contributed by atoms with Gasteiger partial charge in [0.15, 0.2) is 11.2 Å². The molecule has 7 nitrogen and oxygen atoms in total. The van der Waals surface area contributed by atoms with Crippen LogP contribution in [0.1, 0.15) is 5.56 Å². The van der Waals surface area contributed by atoms with Gasteiger partial charge in [0.05, 0.1) is 12.9 Å². The summed E-state index contributed by atoms with van der Waals surface area (Å²) in [7, 11) is 3.37. The van der Waals surface area contributed by atoms with E-state index in [1.54, 1.807) is 25.0 Å². The Morgan fingerprint density at radius 1 is 1.17 bits per heavy atom. The third-order valence-corrected chi connectivity index (χ3v) is 4.16. The standard InChI is InChI=1S/C16H15N5O2/c1-19-9-18-14-13(19)15(22)21(16(23)20(14)2)8-10-3-4-11-5-6-17-12(11)7-10/h3-7,9,17H,8H2,1-2H3. The fourth-order valence-electron chi connectivity index (χ4n) is 2.91. The number of nitrogens with one attached hydrogen (secondary N) is 1. The molecule has 0 amide bonds. The molecule has 23 heavy (non-hydrogen) atoms. The van der Waals surface area contributed by atoms with E-state index in [0.29, 0.717) is 11.2 Å². The summed E-state index contributed by atoms with van der Waals surface area (Å²) in [5.74, 6) is 0. The van der Waals surface area contributed by atoms with Gasteiger partial charge in [-0.1, -0.05) is 12.1 Å². The van der Waals surface area contributed by atoms with Gasteiger partial charge in [-0.3, -0.25) is 13.9 Å². The fraction of sp³-hybridized carbons (Fsp3) is 0.188. The number of rotatable bonds is 2. The van der Waals surface area contributed by atoms with Gasteiger partial charge in [-0.05, 0) is 23.1 Å². The van der Waals surface area contributed by atoms with Gasteiger partial charge in [0.25, 0.3) is 5.56 Å². The monoisotopic (exact) mass is 309 g/mol. The lowest BCUT2D eigenvalue weighted by Gasteiger charge is -2.09. The van der Waals surface area contributed by atoms with Crippen molar-refractivity contribution in [1.29, 1.82) is 0 Å². The second-order valence-corrected chi connectivity index (χ2v) is 5.66. The molecule has 4 aromatic rings. The van der Waals surface area contributed by atoms with E-state index in [1.165, 1.54) is 9.13 Å². The second-order valence-electron chi connectivity index (χ2n) is 5.66. The molecule has 3 aromatic heterocycles. The van der Waals surface area contributed by atoms with Crippen molar-refractivity contribution in [3.05, 3.63) is 63.2 Å². The molecular formula is C16H15N5O2. The van der Waals surface area contributed by atoms with Crippen LogP contribution in [0.4, 0.5) is 0 Å². The van der Waals surface area contributed by atoms with Crippen LogP contribution in [-0.2, 0) is 20.6 Å². The number of hydrogen-bond acceptors (Lipinski definition) is 3. The minimum absolute atomic E-state index is 0.224. The Balaban J connectivity index is 1.93. The van der Waals surface area contributed by atoms with Crippen molar-refractivity contribution in [2.24, 2.45) is 14.1 Å². The summed E-state index contributed by atoms with van der Waals surface area (Å²) in [6.07, 6.45) is 3.40. The van der Waals surface area contributed by atoms with Gasteiger partial charge < -0.3 is 9.55 Å². The third kappa shape index (κ3) is 1.93. The smallest absolute Gasteiger partial charge is 0.332 e. The summed E-state index contributed by atoms with van der Waals surface area (Å²) >= 11 is 0. The summed E-state index contributed by atoms with van der Waals surface area (Å²) in [6, 6.07) is 7.83. The van der Waals surface area contributed by atoms with Crippen LogP contribution in [-0.4, -0.2) is 23.7 Å². The summed E-state index contributed by atoms with van der Waals surface area (Å²) in [5.41, 5.74) is 2.00. The number of imidazole rings is 1. The second kappa shape index (κ2) is 4.70. The number of hydrogen-bond donors (Lipinski definition) is 1. The summed E-state index contributed by atoms with van der Waals surface area (Å²) < 4.78 is 4.29. The molecule has 0 saturated carbocycles. The highest BCUT2D eigenvalue weighted by Gasteiger charge is 2.15. The first kappa shape index (κ1) is 13.6. The first-order valence-electron chi connectivity index (χ1n) is 7.23. The zero-order valence-electron chi connectivity index (χ0n) is 12.8. The van der Waals surface area contributed by atoms with E-state index in [4.69, 9.17) is 0 Å². The molecule has 0 aliphatic carbocycles. The number of aromatic amines is 1. The average Bonchev–Trinajstić information content (AvgIpc) is 3.15. The van der Waals surface area contributed by atoms with Crippen LogP contribution in [0.2, 0.25) is 0 Å². The van der Waals surface area contributed by atoms with Crippen molar-refractivity contribution < 1.29 is 0 Å². The van der Waals surface area contributed by atoms with Crippen molar-refractivity contribution in [2.75, 3.05) is 0 Å². The van der Waals surface area contributed by atoms with Crippen LogP contribution in [0, 0.1) is 0 Å². The Kier molecular flexibility index (Phi) is 2.77. The van der Waals surface area contributed by atoms with Crippen LogP contribution in [0.25, 0.3) is 22.1 Å². The number of nitrogens with zero attached hydrogens (tertiary/aromatic N) is 4. The maximum Gasteiger partial charge on any atom is 0.332 e. The van der Waals surface area contributed by atoms with E-state index in [1.807, 2.05) is 30.5 Å². The highest BCUT2D eigenvalue weighted by Crippen LogP contribution is 2.14. The van der Waals surface area contributed by atoms with Crippen LogP contribution >= 0.6 is 0 Å². The number of H-pyrrole nitrogens is 1. The molecule has 0 fully saturated rings. The number of fused-ring (bicyclic) bond motifs is 2. The zero-order chi connectivity index (χ0) is 16.1. The Hall–Kier alpha value is -3.09. The lowest BCUT2D eigenvalue weighted by molar-refractivity contribution is 0.655. The first-order chi connectivity index (χ1) is 11.1. The zero-order valence-corrected chi connectivity index (χ0v) is 12.8. The lowest BCUT2D eigenvalue weighted by atomic mass is 10.1. The fourth-order valence-corrected chi connectivity index (χ4v) is 2.91. The minimum atomic E-state index is -0.368. The molecule has 3 heterocycles. The molecule has 4 rings (SSSR count). The van der Waals surface area contributed by atoms with Crippen molar-refractivity contribution in [3.8, 4) is 0 Å². The van der Waals surface area contributed by atoms with E-state index in [-0.39, 0.29) is 17.8 Å². The van der Waals surface area contributed by atoms with Crippen molar-refractivity contribution in [3.63, 3.8) is 0 Å². The van der Waals surface area contributed by atoms with Crippen LogP contribution in [0.5, 0.6) is 0 Å². The van der Waals surface area contributed by atoms with E-state index in [0.717, 1.165) is 16.5 Å². The van der Waals surface area contributed by atoms with E-state index >= 15 is 0 Å². The molecule has 116 valence electrons. The Labute approximate surface area is 130 Å². The highest BCUT2D eigenvalue weighted by atomic mass is 16.2. The molecule has 1 N–H and O–H groups in total.